The Bertz CT molecular complexity index is 1040. The summed E-state index contributed by atoms with van der Waals surface area (Å²) in [5.41, 5.74) is 3.81. The number of aliphatic hydroxyl groups excluding tert-OH is 1. The van der Waals surface area contributed by atoms with E-state index in [1.54, 1.807) is 5.57 Å². The van der Waals surface area contributed by atoms with Gasteiger partial charge in [0.25, 0.3) is 0 Å². The summed E-state index contributed by atoms with van der Waals surface area (Å²) in [6.07, 6.45) is 19.1. The van der Waals surface area contributed by atoms with Gasteiger partial charge in [0.05, 0.1) is 6.10 Å². The number of rotatable bonds is 5. The van der Waals surface area contributed by atoms with Crippen molar-refractivity contribution in [3.8, 4) is 0 Å². The van der Waals surface area contributed by atoms with E-state index in [4.69, 9.17) is 0 Å². The maximum absolute atomic E-state index is 10.2. The van der Waals surface area contributed by atoms with Gasteiger partial charge in [0.2, 0.25) is 0 Å². The largest absolute Gasteiger partial charge is 0.393 e. The zero-order chi connectivity index (χ0) is 26.2. The summed E-state index contributed by atoms with van der Waals surface area (Å²) < 4.78 is 0. The second-order valence-corrected chi connectivity index (χ2v) is 14.3. The molecule has 8 atom stereocenters. The molecular weight excluding hydrogens is 450 g/mol. The van der Waals surface area contributed by atoms with E-state index in [-0.39, 0.29) is 6.10 Å². The molecule has 1 heterocycles. The van der Waals surface area contributed by atoms with Crippen molar-refractivity contribution >= 4 is 10.9 Å². The Morgan fingerprint density at radius 1 is 0.946 bits per heavy atom. The van der Waals surface area contributed by atoms with Gasteiger partial charge in [-0.05, 0) is 115 Å². The van der Waals surface area contributed by atoms with Gasteiger partial charge >= 0.3 is 0 Å². The fraction of sp³-hybridized carbons (Fsp3) is 0.714. The van der Waals surface area contributed by atoms with Crippen LogP contribution in [0.5, 0.6) is 0 Å². The van der Waals surface area contributed by atoms with Crippen LogP contribution in [0, 0.1) is 46.3 Å². The van der Waals surface area contributed by atoms with Crippen LogP contribution in [0.15, 0.2) is 48.2 Å². The third kappa shape index (κ3) is 5.21. The van der Waals surface area contributed by atoms with Gasteiger partial charge in [0.15, 0.2) is 0 Å². The van der Waals surface area contributed by atoms with Gasteiger partial charge in [-0.2, -0.15) is 0 Å². The molecule has 2 aromatic rings. The van der Waals surface area contributed by atoms with Crippen LogP contribution >= 0.6 is 0 Å². The molecule has 0 saturated heterocycles. The summed E-state index contributed by atoms with van der Waals surface area (Å²) in [5.74, 6) is 5.46. The number of benzene rings is 1. The van der Waals surface area contributed by atoms with Crippen LogP contribution in [0.3, 0.4) is 0 Å². The summed E-state index contributed by atoms with van der Waals surface area (Å²) in [4.78, 5) is 3.12. The second kappa shape index (κ2) is 10.9. The number of aromatic amines is 1. The van der Waals surface area contributed by atoms with Crippen LogP contribution in [0.1, 0.15) is 105 Å². The van der Waals surface area contributed by atoms with Crippen LogP contribution in [0.2, 0.25) is 0 Å². The molecule has 2 nitrogen and oxygen atoms in total. The van der Waals surface area contributed by atoms with Crippen molar-refractivity contribution in [2.45, 2.75) is 111 Å². The van der Waals surface area contributed by atoms with Crippen LogP contribution in [-0.4, -0.2) is 16.2 Å². The highest BCUT2D eigenvalue weighted by Gasteiger charge is 2.59. The number of aliphatic hydroxyl groups is 1. The molecule has 0 aliphatic heterocycles. The first-order valence-corrected chi connectivity index (χ1v) is 15.6. The van der Waals surface area contributed by atoms with Gasteiger partial charge in [-0.1, -0.05) is 83.7 Å². The molecule has 4 aliphatic rings. The number of allylic oxidation sites excluding steroid dienone is 1. The number of H-pyrrole nitrogens is 1. The zero-order valence-corrected chi connectivity index (χ0v) is 24.3. The number of aromatic nitrogens is 1. The molecule has 2 heteroatoms. The Balaban J connectivity index is 0.000000260. The van der Waals surface area contributed by atoms with E-state index in [0.717, 1.165) is 48.3 Å². The molecule has 37 heavy (non-hydrogen) atoms. The summed E-state index contributed by atoms with van der Waals surface area (Å²) >= 11 is 0. The fourth-order valence-corrected chi connectivity index (χ4v) is 9.66. The highest BCUT2D eigenvalue weighted by Crippen LogP contribution is 2.67. The molecule has 3 saturated carbocycles. The number of hydrogen-bond acceptors (Lipinski definition) is 1. The molecule has 1 aromatic heterocycles. The molecule has 3 fully saturated rings. The molecular formula is C35H53NO. The van der Waals surface area contributed by atoms with E-state index in [1.807, 2.05) is 18.3 Å². The van der Waals surface area contributed by atoms with Crippen molar-refractivity contribution in [2.24, 2.45) is 46.3 Å². The molecule has 0 spiro atoms. The van der Waals surface area contributed by atoms with Gasteiger partial charge in [0, 0.05) is 11.7 Å². The van der Waals surface area contributed by atoms with Gasteiger partial charge < -0.3 is 10.1 Å². The van der Waals surface area contributed by atoms with E-state index in [0.29, 0.717) is 10.8 Å². The summed E-state index contributed by atoms with van der Waals surface area (Å²) in [6, 6.07) is 10.3. The van der Waals surface area contributed by atoms with Crippen LogP contribution < -0.4 is 0 Å². The Kier molecular flexibility index (Phi) is 7.98. The maximum atomic E-state index is 10.2. The first-order chi connectivity index (χ1) is 17.7. The van der Waals surface area contributed by atoms with Gasteiger partial charge in [0.1, 0.15) is 0 Å². The van der Waals surface area contributed by atoms with Crippen molar-refractivity contribution in [2.75, 3.05) is 0 Å². The Hall–Kier alpha value is -1.54. The molecule has 1 aromatic carbocycles. The number of para-hydroxylation sites is 1. The van der Waals surface area contributed by atoms with Crippen molar-refractivity contribution in [3.05, 3.63) is 48.2 Å². The molecule has 6 rings (SSSR count). The highest BCUT2D eigenvalue weighted by molar-refractivity contribution is 5.78. The smallest absolute Gasteiger partial charge is 0.0577 e. The van der Waals surface area contributed by atoms with Gasteiger partial charge in [-0.15, -0.1) is 0 Å². The predicted octanol–water partition coefficient (Wildman–Crippen LogP) is 9.56. The number of nitrogens with one attached hydrogen (secondary N) is 1. The summed E-state index contributed by atoms with van der Waals surface area (Å²) in [5, 5.41) is 11.5. The van der Waals surface area contributed by atoms with E-state index in [9.17, 15) is 5.11 Å². The van der Waals surface area contributed by atoms with E-state index in [2.05, 4.69) is 63.9 Å². The minimum absolute atomic E-state index is 0.0766. The lowest BCUT2D eigenvalue weighted by atomic mass is 9.47. The van der Waals surface area contributed by atoms with Crippen molar-refractivity contribution in [3.63, 3.8) is 0 Å². The van der Waals surface area contributed by atoms with E-state index in [1.165, 1.54) is 68.7 Å². The predicted molar refractivity (Wildman–Crippen MR) is 157 cm³/mol. The third-order valence-corrected chi connectivity index (χ3v) is 11.7. The minimum atomic E-state index is -0.0766. The lowest BCUT2D eigenvalue weighted by Gasteiger charge is -2.58. The van der Waals surface area contributed by atoms with Crippen LogP contribution in [0.25, 0.3) is 10.9 Å². The van der Waals surface area contributed by atoms with Crippen molar-refractivity contribution in [1.82, 2.24) is 4.98 Å². The summed E-state index contributed by atoms with van der Waals surface area (Å²) in [6.45, 7) is 12.6. The first-order valence-electron chi connectivity index (χ1n) is 15.6. The zero-order valence-electron chi connectivity index (χ0n) is 24.3. The van der Waals surface area contributed by atoms with Crippen LogP contribution in [0.4, 0.5) is 0 Å². The average molecular weight is 504 g/mol. The SMILES string of the molecule is CC(C)CCC[C@@H](C)[C@H]1CC[C@H]2[C@@H]3CC=C4C[C@@H](O)CC[C@]4(C)[C@H]3CC[C@]12C.c1ccc2[nH]ccc2c1. The monoisotopic (exact) mass is 503 g/mol. The second-order valence-electron chi connectivity index (χ2n) is 14.3. The molecule has 0 unspecified atom stereocenters. The van der Waals surface area contributed by atoms with Gasteiger partial charge in [-0.3, -0.25) is 0 Å². The molecule has 4 aliphatic carbocycles. The normalized spacial score (nSPS) is 37.7. The molecule has 0 amide bonds. The topological polar surface area (TPSA) is 36.0 Å². The van der Waals surface area contributed by atoms with Crippen molar-refractivity contribution in [1.29, 1.82) is 0 Å². The Morgan fingerprint density at radius 3 is 2.54 bits per heavy atom. The Morgan fingerprint density at radius 2 is 1.76 bits per heavy atom. The first kappa shape index (κ1) is 27.0. The Labute approximate surface area is 226 Å². The van der Waals surface area contributed by atoms with E-state index >= 15 is 0 Å². The highest BCUT2D eigenvalue weighted by atomic mass is 16.3. The van der Waals surface area contributed by atoms with Gasteiger partial charge in [-0.25, -0.2) is 0 Å². The summed E-state index contributed by atoms with van der Waals surface area (Å²) in [7, 11) is 0. The number of hydrogen-bond donors (Lipinski definition) is 2. The molecule has 0 radical (unpaired) electrons. The average Bonchev–Trinajstić information content (AvgIpc) is 3.48. The van der Waals surface area contributed by atoms with Crippen molar-refractivity contribution < 1.29 is 5.11 Å². The minimum Gasteiger partial charge on any atom is -0.393 e. The fourth-order valence-electron chi connectivity index (χ4n) is 9.66. The van der Waals surface area contributed by atoms with E-state index < -0.39 is 0 Å². The third-order valence-electron chi connectivity index (χ3n) is 11.7. The lowest BCUT2D eigenvalue weighted by Crippen LogP contribution is -2.50. The standard InChI is InChI=1S/C27H46O.C8H7N/c1-18(2)7-6-8-19(3)23-11-12-24-22-10-9-20-17-21(28)13-15-26(20,4)25(22)14-16-27(23,24)5;1-2-4-8-7(3-1)5-6-9-8/h9,18-19,21-25,28H,6-8,10-17H2,1-5H3;1-6,9H/t19-,21+,22+,23-,24+,25+,26+,27-;/m1./s1. The molecule has 2 N–H and O–H groups in total. The maximum Gasteiger partial charge on any atom is 0.0577 e. The lowest BCUT2D eigenvalue weighted by molar-refractivity contribution is -0.0573. The number of fused-ring (bicyclic) bond motifs is 6. The molecule has 204 valence electrons. The molecule has 0 bridgehead atoms. The van der Waals surface area contributed by atoms with Crippen LogP contribution in [-0.2, 0) is 0 Å². The quantitative estimate of drug-likeness (QED) is 0.391.